The average Bonchev–Trinajstić information content (AvgIpc) is 3.01. The third-order valence-electron chi connectivity index (χ3n) is 3.51. The van der Waals surface area contributed by atoms with Crippen molar-refractivity contribution in [1.29, 1.82) is 5.26 Å². The first-order chi connectivity index (χ1) is 10.8. The molecule has 1 heterocycles. The average molecular weight is 341 g/mol. The van der Waals surface area contributed by atoms with Crippen LogP contribution in [0.1, 0.15) is 18.4 Å². The van der Waals surface area contributed by atoms with Gasteiger partial charge >= 0.3 is 6.18 Å². The van der Waals surface area contributed by atoms with Crippen molar-refractivity contribution in [2.24, 2.45) is 5.92 Å². The quantitative estimate of drug-likeness (QED) is 0.858. The maximum Gasteiger partial charge on any atom is 0.416 e. The Hall–Kier alpha value is -2.14. The number of alkyl halides is 3. The number of hydrogen-bond acceptors (Lipinski definition) is 3. The normalized spacial score (nSPS) is 15.8. The SMILES string of the molecule is N#C[C@@H](C(=O)N1CCCC1)C(=S)Nc1cccc(C(F)(F)F)c1. The maximum atomic E-state index is 12.7. The number of nitrogens with one attached hydrogen (secondary N) is 1. The zero-order chi connectivity index (χ0) is 17.0. The molecule has 0 spiro atoms. The highest BCUT2D eigenvalue weighted by Crippen LogP contribution is 2.30. The van der Waals surface area contributed by atoms with Crippen molar-refractivity contribution in [3.05, 3.63) is 29.8 Å². The summed E-state index contributed by atoms with van der Waals surface area (Å²) in [5, 5.41) is 11.8. The highest BCUT2D eigenvalue weighted by molar-refractivity contribution is 7.80. The number of benzene rings is 1. The molecule has 4 nitrogen and oxygen atoms in total. The first kappa shape index (κ1) is 17.2. The van der Waals surface area contributed by atoms with Gasteiger partial charge in [0.25, 0.3) is 0 Å². The lowest BCUT2D eigenvalue weighted by Gasteiger charge is -2.20. The fraction of sp³-hybridized carbons (Fsp3) is 0.400. The predicted octanol–water partition coefficient (Wildman–Crippen LogP) is 3.21. The van der Waals surface area contributed by atoms with Gasteiger partial charge in [-0.1, -0.05) is 18.3 Å². The molecule has 1 saturated heterocycles. The van der Waals surface area contributed by atoms with Crippen molar-refractivity contribution < 1.29 is 18.0 Å². The molecule has 1 fully saturated rings. The number of nitriles is 1. The third kappa shape index (κ3) is 4.20. The summed E-state index contributed by atoms with van der Waals surface area (Å²) in [4.78, 5) is 13.7. The van der Waals surface area contributed by atoms with Crippen LogP contribution in [-0.4, -0.2) is 28.9 Å². The molecule has 1 atom stereocenters. The minimum atomic E-state index is -4.47. The number of carbonyl (C=O) groups excluding carboxylic acids is 1. The first-order valence-electron chi connectivity index (χ1n) is 6.99. The van der Waals surface area contributed by atoms with Gasteiger partial charge in [0.15, 0.2) is 5.92 Å². The molecule has 0 unspecified atom stereocenters. The van der Waals surface area contributed by atoms with E-state index in [0.717, 1.165) is 25.0 Å². The molecule has 0 radical (unpaired) electrons. The standard InChI is InChI=1S/C15H14F3N3OS/c16-15(17,18)10-4-3-5-11(8-10)20-13(23)12(9-19)14(22)21-6-1-2-7-21/h3-5,8,12H,1-2,6-7H2,(H,20,23)/t12-/m1/s1. The van der Waals surface area contributed by atoms with Crippen molar-refractivity contribution in [3.63, 3.8) is 0 Å². The molecule has 1 aliphatic rings. The Morgan fingerprint density at radius 2 is 2.00 bits per heavy atom. The van der Waals surface area contributed by atoms with Crippen LogP contribution in [0, 0.1) is 17.2 Å². The lowest BCUT2D eigenvalue weighted by atomic mass is 10.1. The third-order valence-corrected chi connectivity index (χ3v) is 3.85. The van der Waals surface area contributed by atoms with Gasteiger partial charge in [-0.05, 0) is 31.0 Å². The number of anilines is 1. The van der Waals surface area contributed by atoms with Crippen molar-refractivity contribution in [3.8, 4) is 6.07 Å². The summed E-state index contributed by atoms with van der Waals surface area (Å²) in [5.74, 6) is -1.60. The summed E-state index contributed by atoms with van der Waals surface area (Å²) < 4.78 is 38.1. The summed E-state index contributed by atoms with van der Waals surface area (Å²) in [6.45, 7) is 1.15. The van der Waals surface area contributed by atoms with Crippen molar-refractivity contribution >= 4 is 28.8 Å². The van der Waals surface area contributed by atoms with Crippen LogP contribution in [-0.2, 0) is 11.0 Å². The van der Waals surface area contributed by atoms with Gasteiger partial charge in [-0.2, -0.15) is 18.4 Å². The Morgan fingerprint density at radius 1 is 1.35 bits per heavy atom. The number of carbonyl (C=O) groups is 1. The molecule has 1 N–H and O–H groups in total. The second-order valence-electron chi connectivity index (χ2n) is 5.16. The van der Waals surface area contributed by atoms with Gasteiger partial charge < -0.3 is 10.2 Å². The summed E-state index contributed by atoms with van der Waals surface area (Å²) in [7, 11) is 0. The van der Waals surface area contributed by atoms with Crippen LogP contribution < -0.4 is 5.32 Å². The molecule has 8 heteroatoms. The van der Waals surface area contributed by atoms with Crippen LogP contribution in [0.5, 0.6) is 0 Å². The van der Waals surface area contributed by atoms with E-state index in [1.165, 1.54) is 12.1 Å². The Labute approximate surface area is 136 Å². The molecule has 0 aliphatic carbocycles. The monoisotopic (exact) mass is 341 g/mol. The zero-order valence-electron chi connectivity index (χ0n) is 12.1. The van der Waals surface area contributed by atoms with Gasteiger partial charge in [-0.15, -0.1) is 0 Å². The van der Waals surface area contributed by atoms with Crippen LogP contribution >= 0.6 is 12.2 Å². The number of hydrogen-bond donors (Lipinski definition) is 1. The van der Waals surface area contributed by atoms with E-state index in [9.17, 15) is 23.2 Å². The van der Waals surface area contributed by atoms with Gasteiger partial charge in [-0.25, -0.2) is 0 Å². The molecule has 0 saturated carbocycles. The Morgan fingerprint density at radius 3 is 2.57 bits per heavy atom. The maximum absolute atomic E-state index is 12.7. The molecular weight excluding hydrogens is 327 g/mol. The predicted molar refractivity (Wildman–Crippen MR) is 82.6 cm³/mol. The Kier molecular flexibility index (Phi) is 5.21. The molecule has 1 aliphatic heterocycles. The second-order valence-corrected chi connectivity index (χ2v) is 5.60. The number of thiocarbonyl (C=S) groups is 1. The van der Waals surface area contributed by atoms with Crippen molar-refractivity contribution in [2.75, 3.05) is 18.4 Å². The summed E-state index contributed by atoms with van der Waals surface area (Å²) >= 11 is 5.04. The molecule has 1 aromatic rings. The zero-order valence-corrected chi connectivity index (χ0v) is 12.9. The van der Waals surface area contributed by atoms with Gasteiger partial charge in [0, 0.05) is 18.8 Å². The topological polar surface area (TPSA) is 56.1 Å². The van der Waals surface area contributed by atoms with Crippen molar-refractivity contribution in [1.82, 2.24) is 4.90 Å². The van der Waals surface area contributed by atoms with Crippen LogP contribution in [0.4, 0.5) is 18.9 Å². The van der Waals surface area contributed by atoms with E-state index in [0.29, 0.717) is 13.1 Å². The first-order valence-corrected chi connectivity index (χ1v) is 7.40. The van der Waals surface area contributed by atoms with Crippen LogP contribution in [0.2, 0.25) is 0 Å². The Balaban J connectivity index is 2.11. The highest BCUT2D eigenvalue weighted by atomic mass is 32.1. The Bertz CT molecular complexity index is 648. The smallest absolute Gasteiger partial charge is 0.348 e. The van der Waals surface area contributed by atoms with E-state index >= 15 is 0 Å². The number of rotatable bonds is 3. The molecule has 122 valence electrons. The largest absolute Gasteiger partial charge is 0.416 e. The molecule has 1 aromatic carbocycles. The van der Waals surface area contributed by atoms with E-state index < -0.39 is 23.6 Å². The molecule has 0 bridgehead atoms. The van der Waals surface area contributed by atoms with Crippen LogP contribution in [0.25, 0.3) is 0 Å². The van der Waals surface area contributed by atoms with Gasteiger partial charge in [0.1, 0.15) is 4.99 Å². The number of amides is 1. The fourth-order valence-corrected chi connectivity index (χ4v) is 2.61. The molecule has 1 amide bonds. The van der Waals surface area contributed by atoms with E-state index in [1.54, 1.807) is 4.90 Å². The number of halogens is 3. The summed E-state index contributed by atoms with van der Waals surface area (Å²) in [6.07, 6.45) is -2.73. The minimum absolute atomic E-state index is 0.0938. The van der Waals surface area contributed by atoms with Crippen molar-refractivity contribution in [2.45, 2.75) is 19.0 Å². The number of nitrogens with zero attached hydrogens (tertiary/aromatic N) is 2. The van der Waals surface area contributed by atoms with E-state index in [-0.39, 0.29) is 10.7 Å². The van der Waals surface area contributed by atoms with Crippen LogP contribution in [0.15, 0.2) is 24.3 Å². The second kappa shape index (κ2) is 6.96. The van der Waals surface area contributed by atoms with E-state index in [1.807, 2.05) is 6.07 Å². The van der Waals surface area contributed by atoms with E-state index in [2.05, 4.69) is 5.32 Å². The molecular formula is C15H14F3N3OS. The van der Waals surface area contributed by atoms with E-state index in [4.69, 9.17) is 12.2 Å². The van der Waals surface area contributed by atoms with Gasteiger partial charge in [0.05, 0.1) is 11.6 Å². The lowest BCUT2D eigenvalue weighted by Crippen LogP contribution is -2.38. The van der Waals surface area contributed by atoms with Crippen LogP contribution in [0.3, 0.4) is 0 Å². The fourth-order valence-electron chi connectivity index (χ4n) is 2.33. The molecule has 23 heavy (non-hydrogen) atoms. The summed E-state index contributed by atoms with van der Waals surface area (Å²) in [5.41, 5.74) is -0.732. The minimum Gasteiger partial charge on any atom is -0.348 e. The lowest BCUT2D eigenvalue weighted by molar-refractivity contribution is -0.137. The molecule has 0 aromatic heterocycles. The summed E-state index contributed by atoms with van der Waals surface area (Å²) in [6, 6.07) is 6.28. The van der Waals surface area contributed by atoms with Gasteiger partial charge in [-0.3, -0.25) is 4.79 Å². The van der Waals surface area contributed by atoms with Gasteiger partial charge in [0.2, 0.25) is 5.91 Å². The highest BCUT2D eigenvalue weighted by Gasteiger charge is 2.32. The number of likely N-dealkylation sites (tertiary alicyclic amines) is 1. The molecule has 2 rings (SSSR count).